The molecule has 0 aromatic heterocycles. The molecule has 0 spiro atoms. The first kappa shape index (κ1) is 11.9. The lowest BCUT2D eigenvalue weighted by Gasteiger charge is -2.22. The Morgan fingerprint density at radius 3 is 2.46 bits per heavy atom. The summed E-state index contributed by atoms with van der Waals surface area (Å²) >= 11 is 0. The van der Waals surface area contributed by atoms with Crippen molar-refractivity contribution in [2.24, 2.45) is 0 Å². The summed E-state index contributed by atoms with van der Waals surface area (Å²) in [5.41, 5.74) is 0. The molecule has 2 N–H and O–H groups in total. The van der Waals surface area contributed by atoms with Crippen molar-refractivity contribution in [1.82, 2.24) is 10.2 Å². The first-order valence-corrected chi connectivity index (χ1v) is 4.12. The summed E-state index contributed by atoms with van der Waals surface area (Å²) in [4.78, 5) is 23.0. The third-order valence-corrected chi connectivity index (χ3v) is 1.97. The van der Waals surface area contributed by atoms with E-state index in [0.29, 0.717) is 6.54 Å². The van der Waals surface area contributed by atoms with Gasteiger partial charge in [0.2, 0.25) is 5.91 Å². The van der Waals surface area contributed by atoms with Gasteiger partial charge in [-0.3, -0.25) is 14.5 Å². The molecule has 0 aromatic carbocycles. The second kappa shape index (κ2) is 5.53. The number of hydrogen-bond donors (Lipinski definition) is 2. The van der Waals surface area contributed by atoms with Gasteiger partial charge in [0.05, 0.1) is 12.5 Å². The molecule has 0 fully saturated rings. The van der Waals surface area contributed by atoms with Crippen LogP contribution in [-0.2, 0) is 9.59 Å². The minimum atomic E-state index is -0.851. The van der Waals surface area contributed by atoms with Crippen LogP contribution in [0.15, 0.2) is 0 Å². The van der Waals surface area contributed by atoms with Crippen LogP contribution >= 0.6 is 0 Å². The van der Waals surface area contributed by atoms with Gasteiger partial charge in [0.1, 0.15) is 0 Å². The van der Waals surface area contributed by atoms with Crippen LogP contribution in [0, 0.1) is 0 Å². The number of carbonyl (C=O) groups is 2. The van der Waals surface area contributed by atoms with Gasteiger partial charge in [-0.1, -0.05) is 0 Å². The summed E-state index contributed by atoms with van der Waals surface area (Å²) in [6, 6.07) is -0.288. The van der Waals surface area contributed by atoms with Gasteiger partial charge in [0.25, 0.3) is 0 Å². The predicted molar refractivity (Wildman–Crippen MR) is 48.4 cm³/mol. The number of aliphatic carboxylic acids is 1. The number of nitrogens with one attached hydrogen (secondary N) is 1. The smallest absolute Gasteiger partial charge is 0.304 e. The summed E-state index contributed by atoms with van der Waals surface area (Å²) in [7, 11) is 3.28. The minimum absolute atomic E-state index is 0.0534. The maximum atomic E-state index is 11.1. The fraction of sp³-hybridized carbons (Fsp3) is 0.750. The highest BCUT2D eigenvalue weighted by Crippen LogP contribution is 1.96. The van der Waals surface area contributed by atoms with E-state index >= 15 is 0 Å². The molecule has 0 aliphatic carbocycles. The Balaban J connectivity index is 3.88. The van der Waals surface area contributed by atoms with E-state index in [0.717, 1.165) is 0 Å². The molecule has 0 saturated carbocycles. The highest BCUT2D eigenvalue weighted by Gasteiger charge is 2.16. The molecule has 5 nitrogen and oxygen atoms in total. The van der Waals surface area contributed by atoms with Crippen LogP contribution in [0.4, 0.5) is 0 Å². The molecule has 76 valence electrons. The molecule has 0 aliphatic rings. The van der Waals surface area contributed by atoms with Crippen molar-refractivity contribution in [1.29, 1.82) is 0 Å². The van der Waals surface area contributed by atoms with E-state index in [1.54, 1.807) is 25.9 Å². The van der Waals surface area contributed by atoms with Gasteiger partial charge in [-0.25, -0.2) is 0 Å². The zero-order valence-corrected chi connectivity index (χ0v) is 8.20. The molecule has 0 radical (unpaired) electrons. The Morgan fingerprint density at radius 1 is 1.54 bits per heavy atom. The number of likely N-dealkylation sites (N-methyl/N-ethyl adjacent to an activating group) is 2. The van der Waals surface area contributed by atoms with Crippen molar-refractivity contribution < 1.29 is 14.7 Å². The molecule has 0 bridgehead atoms. The summed E-state index contributed by atoms with van der Waals surface area (Å²) in [6.45, 7) is 2.12. The van der Waals surface area contributed by atoms with Gasteiger partial charge >= 0.3 is 5.97 Å². The second-order valence-corrected chi connectivity index (χ2v) is 2.91. The summed E-state index contributed by atoms with van der Waals surface area (Å²) < 4.78 is 0. The molecular formula is C8H16N2O3. The average molecular weight is 188 g/mol. The van der Waals surface area contributed by atoms with Crippen LogP contribution in [0.25, 0.3) is 0 Å². The standard InChI is InChI=1S/C8H16N2O3/c1-6(8(13)9-2)10(3)5-4-7(11)12/h6H,4-5H2,1-3H3,(H,9,13)(H,11,12). The Kier molecular flexibility index (Phi) is 5.06. The molecule has 1 unspecified atom stereocenters. The highest BCUT2D eigenvalue weighted by molar-refractivity contribution is 5.81. The van der Waals surface area contributed by atoms with Crippen molar-refractivity contribution in [3.8, 4) is 0 Å². The van der Waals surface area contributed by atoms with Crippen molar-refractivity contribution >= 4 is 11.9 Å². The van der Waals surface area contributed by atoms with Gasteiger partial charge in [-0.15, -0.1) is 0 Å². The molecule has 0 saturated heterocycles. The van der Waals surface area contributed by atoms with Gasteiger partial charge in [0, 0.05) is 13.6 Å². The predicted octanol–water partition coefficient (Wildman–Crippen LogP) is -0.473. The number of carboxylic acid groups (broad SMARTS) is 1. The maximum absolute atomic E-state index is 11.1. The number of rotatable bonds is 5. The van der Waals surface area contributed by atoms with Crippen molar-refractivity contribution in [3.05, 3.63) is 0 Å². The van der Waals surface area contributed by atoms with E-state index in [2.05, 4.69) is 5.32 Å². The monoisotopic (exact) mass is 188 g/mol. The summed E-state index contributed by atoms with van der Waals surface area (Å²) in [6.07, 6.45) is 0.0534. The Labute approximate surface area is 77.7 Å². The normalized spacial score (nSPS) is 12.6. The number of nitrogens with zero attached hydrogens (tertiary/aromatic N) is 1. The maximum Gasteiger partial charge on any atom is 0.304 e. The van der Waals surface area contributed by atoms with E-state index in [4.69, 9.17) is 5.11 Å². The van der Waals surface area contributed by atoms with E-state index in [9.17, 15) is 9.59 Å². The quantitative estimate of drug-likeness (QED) is 0.612. The van der Waals surface area contributed by atoms with Gasteiger partial charge in [-0.2, -0.15) is 0 Å². The molecule has 13 heavy (non-hydrogen) atoms. The summed E-state index contributed by atoms with van der Waals surface area (Å²) in [5.74, 6) is -0.955. The van der Waals surface area contributed by atoms with Crippen LogP contribution in [0.1, 0.15) is 13.3 Å². The van der Waals surface area contributed by atoms with Crippen LogP contribution in [0.2, 0.25) is 0 Å². The largest absolute Gasteiger partial charge is 0.481 e. The highest BCUT2D eigenvalue weighted by atomic mass is 16.4. The number of amides is 1. The van der Waals surface area contributed by atoms with Crippen molar-refractivity contribution in [2.75, 3.05) is 20.6 Å². The minimum Gasteiger partial charge on any atom is -0.481 e. The lowest BCUT2D eigenvalue weighted by Crippen LogP contribution is -2.42. The fourth-order valence-corrected chi connectivity index (χ4v) is 0.875. The lowest BCUT2D eigenvalue weighted by molar-refractivity contribution is -0.138. The third kappa shape index (κ3) is 4.47. The fourth-order valence-electron chi connectivity index (χ4n) is 0.875. The molecule has 0 aromatic rings. The molecule has 0 rings (SSSR count). The Hall–Kier alpha value is -1.10. The molecule has 5 heteroatoms. The molecular weight excluding hydrogens is 172 g/mol. The first-order valence-electron chi connectivity index (χ1n) is 4.12. The topological polar surface area (TPSA) is 69.6 Å². The first-order chi connectivity index (χ1) is 5.99. The Bertz CT molecular complexity index is 194. The SMILES string of the molecule is CNC(=O)C(C)N(C)CCC(=O)O. The average Bonchev–Trinajstić information content (AvgIpc) is 2.11. The Morgan fingerprint density at radius 2 is 2.08 bits per heavy atom. The van der Waals surface area contributed by atoms with E-state index in [1.807, 2.05) is 0 Å². The van der Waals surface area contributed by atoms with Gasteiger partial charge in [-0.05, 0) is 14.0 Å². The van der Waals surface area contributed by atoms with Crippen molar-refractivity contribution in [2.45, 2.75) is 19.4 Å². The van der Waals surface area contributed by atoms with Gasteiger partial charge < -0.3 is 10.4 Å². The number of carbonyl (C=O) groups excluding carboxylic acids is 1. The second-order valence-electron chi connectivity index (χ2n) is 2.91. The lowest BCUT2D eigenvalue weighted by atomic mass is 10.2. The van der Waals surface area contributed by atoms with Gasteiger partial charge in [0.15, 0.2) is 0 Å². The number of carboxylic acids is 1. The zero-order chi connectivity index (χ0) is 10.4. The van der Waals surface area contributed by atoms with Crippen LogP contribution in [-0.4, -0.2) is 48.6 Å². The molecule has 1 amide bonds. The molecule has 0 heterocycles. The zero-order valence-electron chi connectivity index (χ0n) is 8.20. The van der Waals surface area contributed by atoms with Crippen LogP contribution in [0.3, 0.4) is 0 Å². The van der Waals surface area contributed by atoms with E-state index < -0.39 is 5.97 Å². The number of hydrogen-bond acceptors (Lipinski definition) is 3. The van der Waals surface area contributed by atoms with Crippen LogP contribution in [0.5, 0.6) is 0 Å². The molecule has 0 aliphatic heterocycles. The van der Waals surface area contributed by atoms with Crippen molar-refractivity contribution in [3.63, 3.8) is 0 Å². The van der Waals surface area contributed by atoms with Crippen LogP contribution < -0.4 is 5.32 Å². The van der Waals surface area contributed by atoms with E-state index in [1.165, 1.54) is 0 Å². The van der Waals surface area contributed by atoms with E-state index in [-0.39, 0.29) is 18.4 Å². The summed E-state index contributed by atoms with van der Waals surface area (Å²) in [5, 5.41) is 10.9. The third-order valence-electron chi connectivity index (χ3n) is 1.97. The molecule has 1 atom stereocenters.